The van der Waals surface area contributed by atoms with E-state index in [0.717, 1.165) is 44.9 Å². The summed E-state index contributed by atoms with van der Waals surface area (Å²) in [6.07, 6.45) is 3.64. The van der Waals surface area contributed by atoms with Crippen LogP contribution < -0.4 is 5.32 Å². The minimum absolute atomic E-state index is 0.0758. The third-order valence-electron chi connectivity index (χ3n) is 2.78. The van der Waals surface area contributed by atoms with E-state index in [2.05, 4.69) is 18.8 Å². The number of piperidine rings is 1. The molecule has 0 unspecified atom stereocenters. The predicted octanol–water partition coefficient (Wildman–Crippen LogP) is 1.02. The summed E-state index contributed by atoms with van der Waals surface area (Å²) in [5.74, 6) is 0.815. The van der Waals surface area contributed by atoms with Gasteiger partial charge in [0.2, 0.25) is 5.91 Å². The molecule has 0 aromatic rings. The summed E-state index contributed by atoms with van der Waals surface area (Å²) in [6.45, 7) is 9.53. The fraction of sp³-hybridized carbons (Fsp3) is 0.727. The van der Waals surface area contributed by atoms with Crippen LogP contribution in [0.1, 0.15) is 19.8 Å². The van der Waals surface area contributed by atoms with Crippen molar-refractivity contribution in [3.8, 4) is 0 Å². The molecule has 1 saturated heterocycles. The van der Waals surface area contributed by atoms with Crippen molar-refractivity contribution >= 4 is 5.91 Å². The second-order valence-corrected chi connectivity index (χ2v) is 3.78. The van der Waals surface area contributed by atoms with Crippen molar-refractivity contribution in [1.82, 2.24) is 10.2 Å². The number of hydrogen-bond donors (Lipinski definition) is 1. The first-order valence-electron chi connectivity index (χ1n) is 5.40. The fourth-order valence-corrected chi connectivity index (χ4v) is 1.84. The summed E-state index contributed by atoms with van der Waals surface area (Å²) < 4.78 is 0. The quantitative estimate of drug-likeness (QED) is 0.681. The Morgan fingerprint density at radius 2 is 2.21 bits per heavy atom. The molecule has 1 aliphatic heterocycles. The first kappa shape index (κ1) is 11.2. The van der Waals surface area contributed by atoms with Crippen LogP contribution in [0.5, 0.6) is 0 Å². The van der Waals surface area contributed by atoms with E-state index in [1.165, 1.54) is 6.08 Å². The Morgan fingerprint density at radius 3 is 2.71 bits per heavy atom. The lowest BCUT2D eigenvalue weighted by Crippen LogP contribution is -2.39. The third kappa shape index (κ3) is 3.14. The van der Waals surface area contributed by atoms with E-state index >= 15 is 0 Å². The molecule has 3 nitrogen and oxygen atoms in total. The van der Waals surface area contributed by atoms with Gasteiger partial charge < -0.3 is 10.2 Å². The molecule has 0 spiro atoms. The van der Waals surface area contributed by atoms with Gasteiger partial charge in [-0.15, -0.1) is 0 Å². The second kappa shape index (κ2) is 5.81. The Morgan fingerprint density at radius 1 is 1.57 bits per heavy atom. The van der Waals surface area contributed by atoms with Crippen molar-refractivity contribution in [3.05, 3.63) is 12.7 Å². The molecule has 1 N–H and O–H groups in total. The standard InChI is InChI=1S/C11H20N2O/c1-3-11(14)13-7-5-10(6-8-13)9-12-4-2/h3,10,12H,1,4-9H2,2H3. The molecule has 3 heteroatoms. The highest BCUT2D eigenvalue weighted by Gasteiger charge is 2.20. The van der Waals surface area contributed by atoms with Crippen molar-refractivity contribution in [2.75, 3.05) is 26.2 Å². The Kier molecular flexibility index (Phi) is 4.66. The fourth-order valence-electron chi connectivity index (χ4n) is 1.84. The number of nitrogens with one attached hydrogen (secondary N) is 1. The summed E-state index contributed by atoms with van der Waals surface area (Å²) in [5, 5.41) is 3.35. The molecule has 0 aliphatic carbocycles. The van der Waals surface area contributed by atoms with E-state index in [0.29, 0.717) is 0 Å². The molecule has 0 aromatic heterocycles. The maximum atomic E-state index is 11.3. The summed E-state index contributed by atoms with van der Waals surface area (Å²) in [5.41, 5.74) is 0. The molecule has 0 saturated carbocycles. The molecule has 1 rings (SSSR count). The highest BCUT2D eigenvalue weighted by Crippen LogP contribution is 2.16. The number of hydrogen-bond acceptors (Lipinski definition) is 2. The first-order chi connectivity index (χ1) is 6.77. The van der Waals surface area contributed by atoms with Crippen LogP contribution in [0.2, 0.25) is 0 Å². The molecule has 1 fully saturated rings. The van der Waals surface area contributed by atoms with Gasteiger partial charge in [0.15, 0.2) is 0 Å². The van der Waals surface area contributed by atoms with Crippen LogP contribution >= 0.6 is 0 Å². The van der Waals surface area contributed by atoms with E-state index in [-0.39, 0.29) is 5.91 Å². The Labute approximate surface area is 86.2 Å². The van der Waals surface area contributed by atoms with E-state index in [1.54, 1.807) is 0 Å². The third-order valence-corrected chi connectivity index (χ3v) is 2.78. The molecule has 14 heavy (non-hydrogen) atoms. The van der Waals surface area contributed by atoms with Crippen LogP contribution in [0.4, 0.5) is 0 Å². The van der Waals surface area contributed by atoms with Crippen molar-refractivity contribution in [1.29, 1.82) is 0 Å². The topological polar surface area (TPSA) is 32.3 Å². The summed E-state index contributed by atoms with van der Waals surface area (Å²) >= 11 is 0. The van der Waals surface area contributed by atoms with Gasteiger partial charge in [-0.3, -0.25) is 4.79 Å². The van der Waals surface area contributed by atoms with Gasteiger partial charge in [-0.2, -0.15) is 0 Å². The van der Waals surface area contributed by atoms with Crippen LogP contribution in [0.25, 0.3) is 0 Å². The predicted molar refractivity (Wildman–Crippen MR) is 58.0 cm³/mol. The lowest BCUT2D eigenvalue weighted by Gasteiger charge is -2.31. The SMILES string of the molecule is C=CC(=O)N1CCC(CNCC)CC1. The van der Waals surface area contributed by atoms with Crippen LogP contribution in [0, 0.1) is 5.92 Å². The summed E-state index contributed by atoms with van der Waals surface area (Å²) in [4.78, 5) is 13.2. The monoisotopic (exact) mass is 196 g/mol. The lowest BCUT2D eigenvalue weighted by atomic mass is 9.97. The van der Waals surface area contributed by atoms with Crippen molar-refractivity contribution in [2.24, 2.45) is 5.92 Å². The van der Waals surface area contributed by atoms with Gasteiger partial charge >= 0.3 is 0 Å². The number of likely N-dealkylation sites (tertiary alicyclic amines) is 1. The average Bonchev–Trinajstić information content (AvgIpc) is 2.26. The molecule has 0 aromatic carbocycles. The van der Waals surface area contributed by atoms with Gasteiger partial charge in [0, 0.05) is 13.1 Å². The molecule has 0 atom stereocenters. The molecule has 0 radical (unpaired) electrons. The molecule has 0 bridgehead atoms. The van der Waals surface area contributed by atoms with Crippen molar-refractivity contribution in [2.45, 2.75) is 19.8 Å². The van der Waals surface area contributed by atoms with Crippen molar-refractivity contribution < 1.29 is 4.79 Å². The van der Waals surface area contributed by atoms with Crippen molar-refractivity contribution in [3.63, 3.8) is 0 Å². The number of amides is 1. The van der Waals surface area contributed by atoms with Gasteiger partial charge in [-0.1, -0.05) is 13.5 Å². The molecule has 1 heterocycles. The van der Waals surface area contributed by atoms with Crippen LogP contribution in [-0.4, -0.2) is 37.0 Å². The zero-order valence-electron chi connectivity index (χ0n) is 8.96. The second-order valence-electron chi connectivity index (χ2n) is 3.78. The van der Waals surface area contributed by atoms with Crippen LogP contribution in [0.3, 0.4) is 0 Å². The summed E-state index contributed by atoms with van der Waals surface area (Å²) in [6, 6.07) is 0. The van der Waals surface area contributed by atoms with Gasteiger partial charge in [-0.25, -0.2) is 0 Å². The molecular formula is C11H20N2O. The average molecular weight is 196 g/mol. The van der Waals surface area contributed by atoms with Gasteiger partial charge in [0.05, 0.1) is 0 Å². The number of rotatable bonds is 4. The largest absolute Gasteiger partial charge is 0.339 e. The molecule has 1 aliphatic rings. The van der Waals surface area contributed by atoms with E-state index < -0.39 is 0 Å². The van der Waals surface area contributed by atoms with E-state index in [9.17, 15) is 4.79 Å². The van der Waals surface area contributed by atoms with E-state index in [1.807, 2.05) is 4.90 Å². The normalized spacial score (nSPS) is 18.2. The Balaban J connectivity index is 2.24. The molecular weight excluding hydrogens is 176 g/mol. The highest BCUT2D eigenvalue weighted by molar-refractivity contribution is 5.87. The van der Waals surface area contributed by atoms with Gasteiger partial charge in [-0.05, 0) is 37.9 Å². The smallest absolute Gasteiger partial charge is 0.245 e. The number of nitrogens with zero attached hydrogens (tertiary/aromatic N) is 1. The maximum Gasteiger partial charge on any atom is 0.245 e. The number of carbonyl (C=O) groups excluding carboxylic acids is 1. The number of carbonyl (C=O) groups is 1. The van der Waals surface area contributed by atoms with Gasteiger partial charge in [0.25, 0.3) is 0 Å². The zero-order chi connectivity index (χ0) is 10.4. The zero-order valence-corrected chi connectivity index (χ0v) is 8.96. The molecule has 80 valence electrons. The molecule has 1 amide bonds. The highest BCUT2D eigenvalue weighted by atomic mass is 16.2. The first-order valence-corrected chi connectivity index (χ1v) is 5.40. The lowest BCUT2D eigenvalue weighted by molar-refractivity contribution is -0.127. The maximum absolute atomic E-state index is 11.3. The Bertz CT molecular complexity index is 195. The van der Waals surface area contributed by atoms with Gasteiger partial charge in [0.1, 0.15) is 0 Å². The van der Waals surface area contributed by atoms with Crippen LogP contribution in [0.15, 0.2) is 12.7 Å². The minimum atomic E-state index is 0.0758. The van der Waals surface area contributed by atoms with E-state index in [4.69, 9.17) is 0 Å². The Hall–Kier alpha value is -0.830. The minimum Gasteiger partial charge on any atom is -0.339 e. The van der Waals surface area contributed by atoms with Crippen LogP contribution in [-0.2, 0) is 4.79 Å². The summed E-state index contributed by atoms with van der Waals surface area (Å²) in [7, 11) is 0.